The van der Waals surface area contributed by atoms with Crippen LogP contribution in [0.2, 0.25) is 0 Å². The van der Waals surface area contributed by atoms with Crippen molar-refractivity contribution < 1.29 is 23.7 Å². The maximum Gasteiger partial charge on any atom is 0.191 e. The van der Waals surface area contributed by atoms with E-state index in [1.807, 2.05) is 0 Å². The van der Waals surface area contributed by atoms with Crippen molar-refractivity contribution in [2.75, 3.05) is 14.2 Å². The largest absolute Gasteiger partial charge is 0.387 e. The van der Waals surface area contributed by atoms with Gasteiger partial charge in [0, 0.05) is 14.2 Å². The summed E-state index contributed by atoms with van der Waals surface area (Å²) in [5.41, 5.74) is 0. The van der Waals surface area contributed by atoms with E-state index < -0.39 is 24.7 Å². The molecule has 5 unspecified atom stereocenters. The standard InChI is InChI=1S/C8H15FO4/c1-4-7(11-2)6(10)5(9)8(12-3)13-4/h4-8,10H,1-3H3. The number of hydrogen-bond donors (Lipinski definition) is 1. The Morgan fingerprint density at radius 2 is 1.92 bits per heavy atom. The predicted octanol–water partition coefficient (Wildman–Crippen LogP) is 0.0916. The van der Waals surface area contributed by atoms with Gasteiger partial charge in [0.1, 0.15) is 12.2 Å². The van der Waals surface area contributed by atoms with Gasteiger partial charge in [-0.25, -0.2) is 4.39 Å². The molecule has 13 heavy (non-hydrogen) atoms. The van der Waals surface area contributed by atoms with Crippen molar-refractivity contribution in [2.45, 2.75) is 37.7 Å². The Hall–Kier alpha value is -0.230. The average Bonchev–Trinajstić information content (AvgIpc) is 2.12. The van der Waals surface area contributed by atoms with Crippen molar-refractivity contribution in [3.8, 4) is 0 Å². The lowest BCUT2D eigenvalue weighted by Gasteiger charge is -2.38. The summed E-state index contributed by atoms with van der Waals surface area (Å²) in [5, 5.41) is 9.45. The zero-order valence-electron chi connectivity index (χ0n) is 7.94. The summed E-state index contributed by atoms with van der Waals surface area (Å²) in [6.07, 6.45) is -4.78. The number of alkyl halides is 1. The van der Waals surface area contributed by atoms with Crippen LogP contribution in [0.15, 0.2) is 0 Å². The normalized spacial score (nSPS) is 46.4. The molecule has 5 heteroatoms. The molecule has 0 saturated carbocycles. The van der Waals surface area contributed by atoms with Gasteiger partial charge in [0.25, 0.3) is 0 Å². The molecule has 4 nitrogen and oxygen atoms in total. The maximum absolute atomic E-state index is 13.3. The Morgan fingerprint density at radius 1 is 1.31 bits per heavy atom. The van der Waals surface area contributed by atoms with E-state index in [1.165, 1.54) is 14.2 Å². The summed E-state index contributed by atoms with van der Waals surface area (Å²) in [4.78, 5) is 0. The molecule has 1 aliphatic rings. The van der Waals surface area contributed by atoms with E-state index in [4.69, 9.17) is 14.2 Å². The number of aliphatic hydroxyl groups is 1. The lowest BCUT2D eigenvalue weighted by atomic mass is 10.0. The van der Waals surface area contributed by atoms with E-state index in [1.54, 1.807) is 6.92 Å². The Kier molecular flexibility index (Phi) is 3.61. The van der Waals surface area contributed by atoms with Gasteiger partial charge in [-0.15, -0.1) is 0 Å². The average molecular weight is 194 g/mol. The van der Waals surface area contributed by atoms with Crippen molar-refractivity contribution in [1.29, 1.82) is 0 Å². The summed E-state index contributed by atoms with van der Waals surface area (Å²) in [6.45, 7) is 1.70. The first-order valence-electron chi connectivity index (χ1n) is 4.15. The molecule has 0 aromatic rings. The monoisotopic (exact) mass is 194 g/mol. The highest BCUT2D eigenvalue weighted by Crippen LogP contribution is 2.25. The van der Waals surface area contributed by atoms with Gasteiger partial charge < -0.3 is 19.3 Å². The Balaban J connectivity index is 2.66. The SMILES string of the molecule is COC1OC(C)C(OC)C(O)C1F. The van der Waals surface area contributed by atoms with Crippen LogP contribution in [-0.4, -0.2) is 50.1 Å². The molecule has 5 atom stereocenters. The van der Waals surface area contributed by atoms with Gasteiger partial charge in [-0.05, 0) is 6.92 Å². The molecule has 0 bridgehead atoms. The van der Waals surface area contributed by atoms with E-state index in [0.29, 0.717) is 0 Å². The summed E-state index contributed by atoms with van der Waals surface area (Å²) in [5.74, 6) is 0. The summed E-state index contributed by atoms with van der Waals surface area (Å²) in [6, 6.07) is 0. The second-order valence-corrected chi connectivity index (χ2v) is 3.08. The van der Waals surface area contributed by atoms with Crippen LogP contribution >= 0.6 is 0 Å². The smallest absolute Gasteiger partial charge is 0.191 e. The Morgan fingerprint density at radius 3 is 2.38 bits per heavy atom. The molecule has 0 spiro atoms. The second-order valence-electron chi connectivity index (χ2n) is 3.08. The zero-order valence-corrected chi connectivity index (χ0v) is 7.94. The molecule has 0 aromatic heterocycles. The van der Waals surface area contributed by atoms with Crippen molar-refractivity contribution in [3.63, 3.8) is 0 Å². The van der Waals surface area contributed by atoms with Crippen LogP contribution in [0.25, 0.3) is 0 Å². The topological polar surface area (TPSA) is 47.9 Å². The van der Waals surface area contributed by atoms with Crippen molar-refractivity contribution >= 4 is 0 Å². The van der Waals surface area contributed by atoms with E-state index in [-0.39, 0.29) is 6.10 Å². The highest BCUT2D eigenvalue weighted by molar-refractivity contribution is 4.88. The zero-order chi connectivity index (χ0) is 10.0. The predicted molar refractivity (Wildman–Crippen MR) is 43.0 cm³/mol. The second kappa shape index (κ2) is 4.32. The molecule has 1 rings (SSSR count). The van der Waals surface area contributed by atoms with Crippen LogP contribution < -0.4 is 0 Å². The molecular formula is C8H15FO4. The lowest BCUT2D eigenvalue weighted by molar-refractivity contribution is -0.274. The van der Waals surface area contributed by atoms with E-state index in [2.05, 4.69) is 0 Å². The minimum atomic E-state index is -1.56. The van der Waals surface area contributed by atoms with Gasteiger partial charge in [0.2, 0.25) is 0 Å². The third-order valence-electron chi connectivity index (χ3n) is 2.24. The molecular weight excluding hydrogens is 179 g/mol. The molecule has 78 valence electrons. The lowest BCUT2D eigenvalue weighted by Crippen LogP contribution is -2.56. The maximum atomic E-state index is 13.3. The van der Waals surface area contributed by atoms with Gasteiger partial charge >= 0.3 is 0 Å². The fourth-order valence-corrected chi connectivity index (χ4v) is 1.50. The van der Waals surface area contributed by atoms with Crippen molar-refractivity contribution in [2.24, 2.45) is 0 Å². The van der Waals surface area contributed by atoms with Crippen LogP contribution in [0.1, 0.15) is 6.92 Å². The van der Waals surface area contributed by atoms with Gasteiger partial charge in [-0.1, -0.05) is 0 Å². The number of hydrogen-bond acceptors (Lipinski definition) is 4. The van der Waals surface area contributed by atoms with Gasteiger partial charge in [0.05, 0.1) is 6.10 Å². The summed E-state index contributed by atoms with van der Waals surface area (Å²) in [7, 11) is 2.75. The van der Waals surface area contributed by atoms with Crippen molar-refractivity contribution in [1.82, 2.24) is 0 Å². The van der Waals surface area contributed by atoms with Crippen LogP contribution in [0.3, 0.4) is 0 Å². The van der Waals surface area contributed by atoms with Gasteiger partial charge in [-0.2, -0.15) is 0 Å². The van der Waals surface area contributed by atoms with E-state index >= 15 is 0 Å². The quantitative estimate of drug-likeness (QED) is 0.677. The third kappa shape index (κ3) is 1.99. The van der Waals surface area contributed by atoms with E-state index in [0.717, 1.165) is 0 Å². The molecule has 0 amide bonds. The number of ether oxygens (including phenoxy) is 3. The Bertz CT molecular complexity index is 166. The van der Waals surface area contributed by atoms with Crippen LogP contribution in [0.5, 0.6) is 0 Å². The third-order valence-corrected chi connectivity index (χ3v) is 2.24. The first kappa shape index (κ1) is 10.8. The minimum absolute atomic E-state index is 0.378. The highest BCUT2D eigenvalue weighted by atomic mass is 19.1. The molecule has 0 aliphatic carbocycles. The summed E-state index contributed by atoms with van der Waals surface area (Å²) >= 11 is 0. The van der Waals surface area contributed by atoms with Gasteiger partial charge in [-0.3, -0.25) is 0 Å². The number of rotatable bonds is 2. The van der Waals surface area contributed by atoms with Crippen LogP contribution in [0.4, 0.5) is 4.39 Å². The molecule has 1 fully saturated rings. The molecule has 1 N–H and O–H groups in total. The molecule has 0 aromatic carbocycles. The first-order chi connectivity index (χ1) is 6.11. The van der Waals surface area contributed by atoms with Crippen LogP contribution in [-0.2, 0) is 14.2 Å². The number of halogens is 1. The van der Waals surface area contributed by atoms with Crippen LogP contribution in [0, 0.1) is 0 Å². The Labute approximate surface area is 76.6 Å². The minimum Gasteiger partial charge on any atom is -0.387 e. The number of aliphatic hydroxyl groups excluding tert-OH is 1. The van der Waals surface area contributed by atoms with Crippen molar-refractivity contribution in [3.05, 3.63) is 0 Å². The first-order valence-corrected chi connectivity index (χ1v) is 4.15. The molecule has 1 aliphatic heterocycles. The fraction of sp³-hybridized carbons (Fsp3) is 1.00. The molecule has 1 saturated heterocycles. The molecule has 0 radical (unpaired) electrons. The molecule has 1 heterocycles. The highest BCUT2D eigenvalue weighted by Gasteiger charge is 2.44. The fourth-order valence-electron chi connectivity index (χ4n) is 1.50. The summed E-state index contributed by atoms with van der Waals surface area (Å²) < 4.78 is 28.0. The number of methoxy groups -OCH3 is 2. The van der Waals surface area contributed by atoms with Gasteiger partial charge in [0.15, 0.2) is 12.5 Å². The van der Waals surface area contributed by atoms with E-state index in [9.17, 15) is 9.50 Å².